The second kappa shape index (κ2) is 6.83. The summed E-state index contributed by atoms with van der Waals surface area (Å²) in [4.78, 5) is 10.3. The van der Waals surface area contributed by atoms with Crippen LogP contribution in [0.5, 0.6) is 0 Å². The highest BCUT2D eigenvalue weighted by atomic mass is 79.9. The van der Waals surface area contributed by atoms with Crippen molar-refractivity contribution in [3.63, 3.8) is 0 Å². The number of para-hydroxylation sites is 2. The summed E-state index contributed by atoms with van der Waals surface area (Å²) in [6.07, 6.45) is 0. The van der Waals surface area contributed by atoms with Crippen LogP contribution < -0.4 is 10.2 Å². The largest absolute Gasteiger partial charge is 0.378 e. The zero-order valence-corrected chi connectivity index (χ0v) is 14.8. The fourth-order valence-electron chi connectivity index (χ4n) is 3.00. The van der Waals surface area contributed by atoms with Crippen molar-refractivity contribution in [3.8, 4) is 0 Å². The van der Waals surface area contributed by atoms with E-state index in [2.05, 4.69) is 54.3 Å². The van der Waals surface area contributed by atoms with Crippen LogP contribution in [0.25, 0.3) is 11.0 Å². The van der Waals surface area contributed by atoms with Crippen molar-refractivity contribution in [1.29, 1.82) is 0 Å². The third-order valence-electron chi connectivity index (χ3n) is 4.23. The van der Waals surface area contributed by atoms with Crippen LogP contribution in [0.1, 0.15) is 5.56 Å². The number of aromatic amines is 1. The zero-order valence-electron chi connectivity index (χ0n) is 13.3. The SMILES string of the molecule is Brc1ccc(CNc2nc3ccccc3[nH]2)c(N2CCOCC2)c1. The Hall–Kier alpha value is -2.05. The van der Waals surface area contributed by atoms with Crippen molar-refractivity contribution in [2.75, 3.05) is 36.5 Å². The number of morpholine rings is 1. The molecule has 1 aromatic heterocycles. The van der Waals surface area contributed by atoms with E-state index in [9.17, 15) is 0 Å². The third kappa shape index (κ3) is 3.25. The van der Waals surface area contributed by atoms with Crippen LogP contribution in [-0.4, -0.2) is 36.3 Å². The van der Waals surface area contributed by atoms with E-state index in [1.54, 1.807) is 0 Å². The summed E-state index contributed by atoms with van der Waals surface area (Å²) in [6.45, 7) is 4.13. The number of fused-ring (bicyclic) bond motifs is 1. The van der Waals surface area contributed by atoms with E-state index < -0.39 is 0 Å². The molecule has 0 atom stereocenters. The molecule has 24 heavy (non-hydrogen) atoms. The summed E-state index contributed by atoms with van der Waals surface area (Å²) in [6, 6.07) is 14.5. The highest BCUT2D eigenvalue weighted by Gasteiger charge is 2.15. The van der Waals surface area contributed by atoms with E-state index >= 15 is 0 Å². The fourth-order valence-corrected chi connectivity index (χ4v) is 3.35. The molecule has 0 radical (unpaired) electrons. The molecular formula is C18H19BrN4O. The molecule has 5 nitrogen and oxygen atoms in total. The molecule has 1 fully saturated rings. The molecule has 1 aliphatic rings. The first kappa shape index (κ1) is 15.5. The van der Waals surface area contributed by atoms with Gasteiger partial charge >= 0.3 is 0 Å². The van der Waals surface area contributed by atoms with Gasteiger partial charge in [0.2, 0.25) is 5.95 Å². The lowest BCUT2D eigenvalue weighted by atomic mass is 10.1. The Bertz CT molecular complexity index is 809. The monoisotopic (exact) mass is 386 g/mol. The molecule has 1 saturated heterocycles. The van der Waals surface area contributed by atoms with Gasteiger partial charge < -0.3 is 19.9 Å². The molecule has 2 N–H and O–H groups in total. The van der Waals surface area contributed by atoms with Gasteiger partial charge in [-0.05, 0) is 29.8 Å². The van der Waals surface area contributed by atoms with Crippen LogP contribution in [0, 0.1) is 0 Å². The number of nitrogens with one attached hydrogen (secondary N) is 2. The average molecular weight is 387 g/mol. The fraction of sp³-hybridized carbons (Fsp3) is 0.278. The Morgan fingerprint density at radius 3 is 2.83 bits per heavy atom. The first-order valence-electron chi connectivity index (χ1n) is 8.09. The van der Waals surface area contributed by atoms with Gasteiger partial charge in [0.25, 0.3) is 0 Å². The average Bonchev–Trinajstić information content (AvgIpc) is 3.04. The van der Waals surface area contributed by atoms with Crippen molar-refractivity contribution in [2.45, 2.75) is 6.54 Å². The normalized spacial score (nSPS) is 15.0. The maximum atomic E-state index is 5.47. The summed E-state index contributed by atoms with van der Waals surface area (Å²) >= 11 is 3.59. The minimum atomic E-state index is 0.722. The second-order valence-electron chi connectivity index (χ2n) is 5.83. The maximum absolute atomic E-state index is 5.47. The molecule has 4 rings (SSSR count). The van der Waals surface area contributed by atoms with Gasteiger partial charge in [0.05, 0.1) is 24.2 Å². The van der Waals surface area contributed by atoms with Gasteiger partial charge in [0.1, 0.15) is 0 Å². The van der Waals surface area contributed by atoms with E-state index in [0.717, 1.165) is 54.3 Å². The lowest BCUT2D eigenvalue weighted by Gasteiger charge is -2.31. The topological polar surface area (TPSA) is 53.2 Å². The molecule has 3 aromatic rings. The Balaban J connectivity index is 1.55. The van der Waals surface area contributed by atoms with E-state index in [1.165, 1.54) is 11.3 Å². The summed E-state index contributed by atoms with van der Waals surface area (Å²) in [7, 11) is 0. The number of aromatic nitrogens is 2. The van der Waals surface area contributed by atoms with E-state index in [1.807, 2.05) is 24.3 Å². The number of hydrogen-bond acceptors (Lipinski definition) is 4. The zero-order chi connectivity index (χ0) is 16.4. The molecule has 2 heterocycles. The second-order valence-corrected chi connectivity index (χ2v) is 6.74. The van der Waals surface area contributed by atoms with Crippen molar-refractivity contribution in [1.82, 2.24) is 9.97 Å². The maximum Gasteiger partial charge on any atom is 0.201 e. The van der Waals surface area contributed by atoms with E-state index in [4.69, 9.17) is 4.74 Å². The number of hydrogen-bond donors (Lipinski definition) is 2. The predicted molar refractivity (Wildman–Crippen MR) is 101 cm³/mol. The molecule has 0 spiro atoms. The summed E-state index contributed by atoms with van der Waals surface area (Å²) < 4.78 is 6.56. The lowest BCUT2D eigenvalue weighted by molar-refractivity contribution is 0.122. The number of ether oxygens (including phenoxy) is 1. The number of imidazole rings is 1. The van der Waals surface area contributed by atoms with Gasteiger partial charge in [-0.3, -0.25) is 0 Å². The lowest BCUT2D eigenvalue weighted by Crippen LogP contribution is -2.36. The minimum Gasteiger partial charge on any atom is -0.378 e. The Labute approximate surface area is 149 Å². The van der Waals surface area contributed by atoms with Crippen LogP contribution >= 0.6 is 15.9 Å². The summed E-state index contributed by atoms with van der Waals surface area (Å²) in [5, 5.41) is 3.41. The molecule has 0 amide bonds. The highest BCUT2D eigenvalue weighted by Crippen LogP contribution is 2.27. The van der Waals surface area contributed by atoms with Gasteiger partial charge in [0, 0.05) is 29.8 Å². The quantitative estimate of drug-likeness (QED) is 0.716. The van der Waals surface area contributed by atoms with Crippen LogP contribution in [0.4, 0.5) is 11.6 Å². The number of halogens is 1. The number of nitrogens with zero attached hydrogens (tertiary/aromatic N) is 2. The molecule has 0 saturated carbocycles. The molecule has 0 aliphatic carbocycles. The first-order valence-corrected chi connectivity index (χ1v) is 8.89. The van der Waals surface area contributed by atoms with E-state index in [-0.39, 0.29) is 0 Å². The molecule has 1 aliphatic heterocycles. The summed E-state index contributed by atoms with van der Waals surface area (Å²) in [5.74, 6) is 0.798. The van der Waals surface area contributed by atoms with Crippen molar-refractivity contribution >= 4 is 38.6 Å². The number of rotatable bonds is 4. The molecule has 0 bridgehead atoms. The van der Waals surface area contributed by atoms with Crippen molar-refractivity contribution in [2.24, 2.45) is 0 Å². The van der Waals surface area contributed by atoms with Crippen molar-refractivity contribution < 1.29 is 4.74 Å². The summed E-state index contributed by atoms with van der Waals surface area (Å²) in [5.41, 5.74) is 4.52. The van der Waals surface area contributed by atoms with Gasteiger partial charge in [-0.15, -0.1) is 0 Å². The smallest absolute Gasteiger partial charge is 0.201 e. The minimum absolute atomic E-state index is 0.722. The van der Waals surface area contributed by atoms with Gasteiger partial charge in [-0.1, -0.05) is 34.1 Å². The standard InChI is InChI=1S/C18H19BrN4O/c19-14-6-5-13(17(11-14)23-7-9-24-10-8-23)12-20-18-21-15-3-1-2-4-16(15)22-18/h1-6,11H,7-10,12H2,(H2,20,21,22). The van der Waals surface area contributed by atoms with Gasteiger partial charge in [0.15, 0.2) is 0 Å². The van der Waals surface area contributed by atoms with Crippen molar-refractivity contribution in [3.05, 3.63) is 52.5 Å². The van der Waals surface area contributed by atoms with Gasteiger partial charge in [-0.25, -0.2) is 4.98 Å². The Kier molecular flexibility index (Phi) is 4.40. The molecule has 0 unspecified atom stereocenters. The molecule has 124 valence electrons. The number of benzene rings is 2. The number of anilines is 2. The predicted octanol–water partition coefficient (Wildman–Crippen LogP) is 3.77. The molecule has 6 heteroatoms. The van der Waals surface area contributed by atoms with Crippen LogP contribution in [0.3, 0.4) is 0 Å². The number of H-pyrrole nitrogens is 1. The first-order chi connectivity index (χ1) is 11.8. The van der Waals surface area contributed by atoms with Gasteiger partial charge in [-0.2, -0.15) is 0 Å². The van der Waals surface area contributed by atoms with Crippen LogP contribution in [0.2, 0.25) is 0 Å². The third-order valence-corrected chi connectivity index (χ3v) is 4.73. The molecule has 2 aromatic carbocycles. The Morgan fingerprint density at radius 2 is 2.00 bits per heavy atom. The van der Waals surface area contributed by atoms with Crippen LogP contribution in [0.15, 0.2) is 46.9 Å². The molecular weight excluding hydrogens is 368 g/mol. The van der Waals surface area contributed by atoms with E-state index in [0.29, 0.717) is 0 Å². The van der Waals surface area contributed by atoms with Crippen LogP contribution in [-0.2, 0) is 11.3 Å². The Morgan fingerprint density at radius 1 is 1.17 bits per heavy atom. The highest BCUT2D eigenvalue weighted by molar-refractivity contribution is 9.10.